The summed E-state index contributed by atoms with van der Waals surface area (Å²) in [6.45, 7) is 3.40. The normalized spacial score (nSPS) is 13.8. The van der Waals surface area contributed by atoms with Crippen molar-refractivity contribution in [3.63, 3.8) is 0 Å². The number of ether oxygens (including phenoxy) is 1. The Kier molecular flexibility index (Phi) is 6.31. The van der Waals surface area contributed by atoms with Crippen molar-refractivity contribution < 1.29 is 17.9 Å². The molecule has 1 aromatic carbocycles. The van der Waals surface area contributed by atoms with Gasteiger partial charge in [-0.05, 0) is 11.5 Å². The minimum Gasteiger partial charge on any atom is -0.371 e. The lowest BCUT2D eigenvalue weighted by atomic mass is 9.96. The predicted molar refractivity (Wildman–Crippen MR) is 68.9 cm³/mol. The molecule has 0 saturated heterocycles. The first-order chi connectivity index (χ1) is 8.90. The molecule has 1 atom stereocenters. The molecule has 1 aromatic rings. The van der Waals surface area contributed by atoms with Crippen molar-refractivity contribution in [1.82, 2.24) is 5.32 Å². The fourth-order valence-electron chi connectivity index (χ4n) is 1.87. The summed E-state index contributed by atoms with van der Waals surface area (Å²) in [6.07, 6.45) is -4.25. The molecular formula is C14H20F3NO. The zero-order valence-electron chi connectivity index (χ0n) is 11.2. The van der Waals surface area contributed by atoms with Crippen molar-refractivity contribution in [3.05, 3.63) is 35.9 Å². The van der Waals surface area contributed by atoms with E-state index >= 15 is 0 Å². The van der Waals surface area contributed by atoms with E-state index in [1.807, 2.05) is 30.3 Å². The molecule has 0 aliphatic carbocycles. The maximum atomic E-state index is 11.9. The Morgan fingerprint density at radius 3 is 2.32 bits per heavy atom. The van der Waals surface area contributed by atoms with Crippen LogP contribution in [-0.2, 0) is 4.74 Å². The molecular weight excluding hydrogens is 255 g/mol. The van der Waals surface area contributed by atoms with Gasteiger partial charge >= 0.3 is 6.18 Å². The van der Waals surface area contributed by atoms with Crippen LogP contribution < -0.4 is 5.32 Å². The third-order valence-electron chi connectivity index (χ3n) is 2.70. The number of nitrogens with one attached hydrogen (secondary N) is 1. The van der Waals surface area contributed by atoms with Crippen molar-refractivity contribution in [3.8, 4) is 0 Å². The van der Waals surface area contributed by atoms with E-state index in [-0.39, 0.29) is 12.6 Å². The van der Waals surface area contributed by atoms with Crippen molar-refractivity contribution in [2.45, 2.75) is 26.1 Å². The Hall–Kier alpha value is -1.07. The van der Waals surface area contributed by atoms with E-state index in [1.54, 1.807) is 0 Å². The average Bonchev–Trinajstić information content (AvgIpc) is 2.33. The van der Waals surface area contributed by atoms with E-state index in [4.69, 9.17) is 0 Å². The van der Waals surface area contributed by atoms with Gasteiger partial charge in [-0.3, -0.25) is 0 Å². The highest BCUT2D eigenvalue weighted by molar-refractivity contribution is 5.19. The van der Waals surface area contributed by atoms with Gasteiger partial charge in [0.1, 0.15) is 6.61 Å². The third-order valence-corrected chi connectivity index (χ3v) is 2.70. The zero-order chi connectivity index (χ0) is 14.3. The van der Waals surface area contributed by atoms with Crippen LogP contribution in [0.4, 0.5) is 13.2 Å². The quantitative estimate of drug-likeness (QED) is 0.768. The molecule has 0 spiro atoms. The van der Waals surface area contributed by atoms with E-state index in [9.17, 15) is 13.2 Å². The molecule has 1 rings (SSSR count). The lowest BCUT2D eigenvalue weighted by Crippen LogP contribution is -2.30. The number of halogens is 3. The Balaban J connectivity index is 2.36. The van der Waals surface area contributed by atoms with E-state index < -0.39 is 12.8 Å². The molecule has 0 aliphatic heterocycles. The van der Waals surface area contributed by atoms with Crippen LogP contribution in [-0.4, -0.2) is 25.9 Å². The van der Waals surface area contributed by atoms with Gasteiger partial charge < -0.3 is 10.1 Å². The number of benzene rings is 1. The molecule has 108 valence electrons. The van der Waals surface area contributed by atoms with Crippen LogP contribution in [0.1, 0.15) is 25.5 Å². The van der Waals surface area contributed by atoms with E-state index in [0.717, 1.165) is 5.56 Å². The van der Waals surface area contributed by atoms with Crippen molar-refractivity contribution in [2.75, 3.05) is 19.8 Å². The van der Waals surface area contributed by atoms with Gasteiger partial charge in [-0.25, -0.2) is 0 Å². The summed E-state index contributed by atoms with van der Waals surface area (Å²) < 4.78 is 40.2. The molecule has 0 aromatic heterocycles. The van der Waals surface area contributed by atoms with Gasteiger partial charge in [-0.1, -0.05) is 44.2 Å². The minimum atomic E-state index is -4.25. The maximum Gasteiger partial charge on any atom is 0.411 e. The monoisotopic (exact) mass is 275 g/mol. The average molecular weight is 275 g/mol. The van der Waals surface area contributed by atoms with E-state index in [2.05, 4.69) is 23.9 Å². The van der Waals surface area contributed by atoms with Gasteiger partial charge in [0, 0.05) is 12.6 Å². The number of hydrogen-bond acceptors (Lipinski definition) is 2. The molecule has 0 heterocycles. The molecule has 0 amide bonds. The van der Waals surface area contributed by atoms with Crippen molar-refractivity contribution >= 4 is 0 Å². The summed E-state index contributed by atoms with van der Waals surface area (Å²) in [5.74, 6) is 0.352. The number of hydrogen-bond donors (Lipinski definition) is 1. The van der Waals surface area contributed by atoms with Crippen LogP contribution >= 0.6 is 0 Å². The predicted octanol–water partition coefficient (Wildman–Crippen LogP) is 3.55. The summed E-state index contributed by atoms with van der Waals surface area (Å²) in [5.41, 5.74) is 1.13. The fourth-order valence-corrected chi connectivity index (χ4v) is 1.87. The van der Waals surface area contributed by atoms with Crippen LogP contribution in [0, 0.1) is 5.92 Å². The van der Waals surface area contributed by atoms with Gasteiger partial charge in [0.2, 0.25) is 0 Å². The highest BCUT2D eigenvalue weighted by Crippen LogP contribution is 2.21. The van der Waals surface area contributed by atoms with Crippen LogP contribution in [0.5, 0.6) is 0 Å². The lowest BCUT2D eigenvalue weighted by Gasteiger charge is -2.23. The summed E-state index contributed by atoms with van der Waals surface area (Å²) >= 11 is 0. The van der Waals surface area contributed by atoms with Gasteiger partial charge in [-0.2, -0.15) is 13.2 Å². The Bertz CT molecular complexity index is 351. The SMILES string of the molecule is CC(C)C(NCCOCC(F)(F)F)c1ccccc1. The van der Waals surface area contributed by atoms with Crippen LogP contribution in [0.15, 0.2) is 30.3 Å². The maximum absolute atomic E-state index is 11.9. The second kappa shape index (κ2) is 7.50. The first-order valence-corrected chi connectivity index (χ1v) is 6.33. The van der Waals surface area contributed by atoms with Gasteiger partial charge in [0.15, 0.2) is 0 Å². The highest BCUT2D eigenvalue weighted by Gasteiger charge is 2.27. The minimum absolute atomic E-state index is 0.0512. The molecule has 0 bridgehead atoms. The Morgan fingerprint density at radius 1 is 1.16 bits per heavy atom. The summed E-state index contributed by atoms with van der Waals surface area (Å²) in [6, 6.07) is 9.98. The van der Waals surface area contributed by atoms with Gasteiger partial charge in [0.05, 0.1) is 6.61 Å². The second-order valence-electron chi connectivity index (χ2n) is 4.75. The van der Waals surface area contributed by atoms with Crippen molar-refractivity contribution in [1.29, 1.82) is 0 Å². The van der Waals surface area contributed by atoms with E-state index in [0.29, 0.717) is 12.5 Å². The molecule has 5 heteroatoms. The molecule has 0 radical (unpaired) electrons. The number of rotatable bonds is 7. The smallest absolute Gasteiger partial charge is 0.371 e. The highest BCUT2D eigenvalue weighted by atomic mass is 19.4. The Labute approximate surface area is 112 Å². The van der Waals surface area contributed by atoms with Crippen LogP contribution in [0.2, 0.25) is 0 Å². The summed E-state index contributed by atoms with van der Waals surface area (Å²) in [5, 5.41) is 3.23. The summed E-state index contributed by atoms with van der Waals surface area (Å²) in [4.78, 5) is 0. The molecule has 1 N–H and O–H groups in total. The van der Waals surface area contributed by atoms with Crippen LogP contribution in [0.25, 0.3) is 0 Å². The standard InChI is InChI=1S/C14H20F3NO/c1-11(2)13(12-6-4-3-5-7-12)18-8-9-19-10-14(15,16)17/h3-7,11,13,18H,8-10H2,1-2H3. The molecule has 19 heavy (non-hydrogen) atoms. The van der Waals surface area contributed by atoms with Gasteiger partial charge in [-0.15, -0.1) is 0 Å². The van der Waals surface area contributed by atoms with Crippen molar-refractivity contribution in [2.24, 2.45) is 5.92 Å². The molecule has 0 fully saturated rings. The molecule has 0 aliphatic rings. The van der Waals surface area contributed by atoms with E-state index in [1.165, 1.54) is 0 Å². The Morgan fingerprint density at radius 2 is 1.79 bits per heavy atom. The first kappa shape index (κ1) is 16.0. The second-order valence-corrected chi connectivity index (χ2v) is 4.75. The topological polar surface area (TPSA) is 21.3 Å². The molecule has 0 saturated carbocycles. The first-order valence-electron chi connectivity index (χ1n) is 6.33. The number of alkyl halides is 3. The third kappa shape index (κ3) is 6.59. The fraction of sp³-hybridized carbons (Fsp3) is 0.571. The largest absolute Gasteiger partial charge is 0.411 e. The lowest BCUT2D eigenvalue weighted by molar-refractivity contribution is -0.173. The summed E-state index contributed by atoms with van der Waals surface area (Å²) in [7, 11) is 0. The van der Waals surface area contributed by atoms with Gasteiger partial charge in [0.25, 0.3) is 0 Å². The zero-order valence-corrected chi connectivity index (χ0v) is 11.2. The molecule has 2 nitrogen and oxygen atoms in total. The van der Waals surface area contributed by atoms with Crippen LogP contribution in [0.3, 0.4) is 0 Å². The molecule has 1 unspecified atom stereocenters.